The van der Waals surface area contributed by atoms with Crippen molar-refractivity contribution in [1.82, 2.24) is 4.31 Å². The summed E-state index contributed by atoms with van der Waals surface area (Å²) in [6.45, 7) is 1.25. The summed E-state index contributed by atoms with van der Waals surface area (Å²) in [6.07, 6.45) is 0. The van der Waals surface area contributed by atoms with Gasteiger partial charge in [0.15, 0.2) is 0 Å². The number of hydrogen-bond donors (Lipinski definition) is 2. The highest BCUT2D eigenvalue weighted by atomic mass is 35.5. The number of sulfonamides is 1. The number of rotatable bonds is 4. The second-order valence-corrected chi connectivity index (χ2v) is 8.47. The number of urea groups is 1. The van der Waals surface area contributed by atoms with E-state index in [0.29, 0.717) is 23.9 Å². The summed E-state index contributed by atoms with van der Waals surface area (Å²) in [5.74, 6) is 0. The highest BCUT2D eigenvalue weighted by molar-refractivity contribution is 7.89. The van der Waals surface area contributed by atoms with Crippen LogP contribution in [0.4, 0.5) is 16.2 Å². The predicted octanol–water partition coefficient (Wildman–Crippen LogP) is 3.66. The molecule has 1 aliphatic rings. The van der Waals surface area contributed by atoms with E-state index in [1.807, 2.05) is 0 Å². The van der Waals surface area contributed by atoms with Crippen molar-refractivity contribution in [3.8, 4) is 0 Å². The minimum absolute atomic E-state index is 0.0434. The number of morpholine rings is 1. The van der Waals surface area contributed by atoms with Crippen LogP contribution in [0.25, 0.3) is 0 Å². The van der Waals surface area contributed by atoms with Gasteiger partial charge < -0.3 is 15.4 Å². The number of anilines is 2. The molecule has 0 aromatic heterocycles. The van der Waals surface area contributed by atoms with E-state index in [2.05, 4.69) is 10.6 Å². The first-order valence-electron chi connectivity index (χ1n) is 8.08. The Labute approximate surface area is 167 Å². The SMILES string of the molecule is O=C(Nc1ccccc1Cl)Nc1cc(S(=O)(=O)N2CCOCC2)ccc1Cl. The average Bonchev–Trinajstić information content (AvgIpc) is 2.66. The molecular formula is C17H17Cl2N3O4S. The molecule has 144 valence electrons. The smallest absolute Gasteiger partial charge is 0.323 e. The van der Waals surface area contributed by atoms with Crippen LogP contribution in [0.2, 0.25) is 10.0 Å². The minimum atomic E-state index is -3.70. The standard InChI is InChI=1S/C17H17Cl2N3O4S/c18-13-3-1-2-4-15(13)20-17(23)21-16-11-12(5-6-14(16)19)27(24,25)22-7-9-26-10-8-22/h1-6,11H,7-10H2,(H2,20,21,23). The van der Waals surface area contributed by atoms with Gasteiger partial charge >= 0.3 is 6.03 Å². The fourth-order valence-electron chi connectivity index (χ4n) is 2.54. The Hall–Kier alpha value is -1.84. The molecule has 7 nitrogen and oxygen atoms in total. The van der Waals surface area contributed by atoms with Gasteiger partial charge in [-0.05, 0) is 30.3 Å². The Morgan fingerprint density at radius 3 is 2.30 bits per heavy atom. The monoisotopic (exact) mass is 429 g/mol. The molecule has 2 N–H and O–H groups in total. The summed E-state index contributed by atoms with van der Waals surface area (Å²) < 4.78 is 32.0. The molecule has 1 aliphatic heterocycles. The van der Waals surface area contributed by atoms with Gasteiger partial charge in [-0.3, -0.25) is 0 Å². The number of nitrogens with zero attached hydrogens (tertiary/aromatic N) is 1. The molecule has 27 heavy (non-hydrogen) atoms. The van der Waals surface area contributed by atoms with Crippen LogP contribution in [0.3, 0.4) is 0 Å². The largest absolute Gasteiger partial charge is 0.379 e. The molecule has 2 amide bonds. The summed E-state index contributed by atoms with van der Waals surface area (Å²) in [5, 5.41) is 5.73. The minimum Gasteiger partial charge on any atom is -0.379 e. The number of nitrogens with one attached hydrogen (secondary N) is 2. The van der Waals surface area contributed by atoms with E-state index < -0.39 is 16.1 Å². The van der Waals surface area contributed by atoms with Crippen molar-refractivity contribution in [2.24, 2.45) is 0 Å². The Balaban J connectivity index is 1.79. The number of amides is 2. The van der Waals surface area contributed by atoms with Crippen LogP contribution in [0.1, 0.15) is 0 Å². The van der Waals surface area contributed by atoms with Gasteiger partial charge in [0.2, 0.25) is 10.0 Å². The molecule has 10 heteroatoms. The van der Waals surface area contributed by atoms with Crippen LogP contribution < -0.4 is 10.6 Å². The van der Waals surface area contributed by atoms with Crippen molar-refractivity contribution < 1.29 is 17.9 Å². The molecule has 1 fully saturated rings. The quantitative estimate of drug-likeness (QED) is 0.775. The molecule has 0 saturated carbocycles. The first kappa shape index (κ1) is 19.9. The van der Waals surface area contributed by atoms with Crippen LogP contribution >= 0.6 is 23.2 Å². The molecule has 0 atom stereocenters. The second-order valence-electron chi connectivity index (χ2n) is 5.72. The van der Waals surface area contributed by atoms with Gasteiger partial charge in [-0.1, -0.05) is 35.3 Å². The van der Waals surface area contributed by atoms with E-state index >= 15 is 0 Å². The van der Waals surface area contributed by atoms with E-state index in [-0.39, 0.29) is 28.7 Å². The Bertz CT molecular complexity index is 947. The maximum absolute atomic E-state index is 12.8. The molecule has 2 aromatic rings. The van der Waals surface area contributed by atoms with Crippen LogP contribution in [0, 0.1) is 0 Å². The number of ether oxygens (including phenoxy) is 1. The third kappa shape index (κ3) is 4.72. The van der Waals surface area contributed by atoms with Gasteiger partial charge in [-0.25, -0.2) is 13.2 Å². The van der Waals surface area contributed by atoms with Gasteiger partial charge in [-0.2, -0.15) is 4.31 Å². The van der Waals surface area contributed by atoms with Gasteiger partial charge in [-0.15, -0.1) is 0 Å². The van der Waals surface area contributed by atoms with Gasteiger partial charge in [0.25, 0.3) is 0 Å². The van der Waals surface area contributed by atoms with Gasteiger partial charge in [0.1, 0.15) is 0 Å². The highest BCUT2D eigenvalue weighted by Crippen LogP contribution is 2.28. The second kappa shape index (κ2) is 8.45. The Kier molecular flexibility index (Phi) is 6.23. The molecule has 0 bridgehead atoms. The summed E-state index contributed by atoms with van der Waals surface area (Å²) in [7, 11) is -3.70. The van der Waals surface area contributed by atoms with Crippen molar-refractivity contribution in [2.45, 2.75) is 4.90 Å². The lowest BCUT2D eigenvalue weighted by Gasteiger charge is -2.26. The van der Waals surface area contributed by atoms with Crippen molar-refractivity contribution in [2.75, 3.05) is 36.9 Å². The zero-order chi connectivity index (χ0) is 19.4. The first-order chi connectivity index (χ1) is 12.9. The average molecular weight is 430 g/mol. The maximum atomic E-state index is 12.8. The number of carbonyl (C=O) groups is 1. The number of benzene rings is 2. The number of halogens is 2. The fraction of sp³-hybridized carbons (Fsp3) is 0.235. The number of para-hydroxylation sites is 1. The van der Waals surface area contributed by atoms with Crippen LogP contribution in [-0.2, 0) is 14.8 Å². The van der Waals surface area contributed by atoms with E-state index in [9.17, 15) is 13.2 Å². The van der Waals surface area contributed by atoms with Gasteiger partial charge in [0.05, 0.1) is 39.5 Å². The Morgan fingerprint density at radius 1 is 0.963 bits per heavy atom. The van der Waals surface area contributed by atoms with E-state index in [1.165, 1.54) is 22.5 Å². The fourth-order valence-corrected chi connectivity index (χ4v) is 4.32. The molecule has 0 spiro atoms. The van der Waals surface area contributed by atoms with Crippen LogP contribution in [-0.4, -0.2) is 45.1 Å². The third-order valence-corrected chi connectivity index (χ3v) is 6.47. The molecule has 1 saturated heterocycles. The first-order valence-corrected chi connectivity index (χ1v) is 10.3. The predicted molar refractivity (Wildman–Crippen MR) is 105 cm³/mol. The normalized spacial score (nSPS) is 15.3. The van der Waals surface area contributed by atoms with E-state index in [1.54, 1.807) is 24.3 Å². The van der Waals surface area contributed by atoms with Crippen molar-refractivity contribution in [3.05, 3.63) is 52.5 Å². The van der Waals surface area contributed by atoms with Crippen LogP contribution in [0.5, 0.6) is 0 Å². The number of carbonyl (C=O) groups excluding carboxylic acids is 1. The molecule has 0 unspecified atom stereocenters. The van der Waals surface area contributed by atoms with Crippen molar-refractivity contribution >= 4 is 50.6 Å². The molecule has 1 heterocycles. The summed E-state index contributed by atoms with van der Waals surface area (Å²) >= 11 is 12.1. The maximum Gasteiger partial charge on any atom is 0.323 e. The highest BCUT2D eigenvalue weighted by Gasteiger charge is 2.27. The lowest BCUT2D eigenvalue weighted by atomic mass is 10.3. The Morgan fingerprint density at radius 2 is 1.59 bits per heavy atom. The molecule has 3 rings (SSSR count). The van der Waals surface area contributed by atoms with Crippen molar-refractivity contribution in [1.29, 1.82) is 0 Å². The summed E-state index contributed by atoms with van der Waals surface area (Å²) in [5.41, 5.74) is 0.598. The third-order valence-electron chi connectivity index (χ3n) is 3.92. The topological polar surface area (TPSA) is 87.7 Å². The molecular weight excluding hydrogens is 413 g/mol. The van der Waals surface area contributed by atoms with Crippen LogP contribution in [0.15, 0.2) is 47.4 Å². The zero-order valence-corrected chi connectivity index (χ0v) is 16.4. The molecule has 2 aromatic carbocycles. The summed E-state index contributed by atoms with van der Waals surface area (Å²) in [4.78, 5) is 12.3. The van der Waals surface area contributed by atoms with E-state index in [0.717, 1.165) is 0 Å². The number of hydrogen-bond acceptors (Lipinski definition) is 4. The lowest BCUT2D eigenvalue weighted by molar-refractivity contribution is 0.0730. The molecule has 0 radical (unpaired) electrons. The van der Waals surface area contributed by atoms with Crippen molar-refractivity contribution in [3.63, 3.8) is 0 Å². The van der Waals surface area contributed by atoms with Gasteiger partial charge in [0, 0.05) is 13.1 Å². The van der Waals surface area contributed by atoms with E-state index in [4.69, 9.17) is 27.9 Å². The molecule has 0 aliphatic carbocycles. The lowest BCUT2D eigenvalue weighted by Crippen LogP contribution is -2.40. The zero-order valence-electron chi connectivity index (χ0n) is 14.1. The summed E-state index contributed by atoms with van der Waals surface area (Å²) in [6, 6.07) is 10.3.